The molecule has 9 amide bonds. The lowest BCUT2D eigenvalue weighted by Crippen LogP contribution is -2.54. The molecule has 11 N–H and O–H groups in total. The maximum absolute atomic E-state index is 15.4. The Bertz CT molecular complexity index is 3630. The standard InChI is InChI=1S/C69H94FN11O19/c1-7-10-13-45(12-8-2)98-39-57(84)72-23-25-94-27-29-96-31-30-95-28-26-93-24-21-55(82)80-61(41(4)5)64(87)79-52(14-11-22-73-67(71)90)63(86)76-44-17-15-43(16-18-44)36-100-68(91)74-34-56(83)75-40-97-38-58(85)77-51-20-19-46-42(6)50(70)33-53-59(46)60(51)47-35-81-54(62(47)78-53)32-49-48(65(81)88)37-99-66(89)69(49,92)9-3/h8,12,15-18,32-33,41,45,51-52,61,92H,7,9-11,13-14,19-31,34-40H2,1-6H3,(H,72,84)(H,74,91)(H,75,83)(H,76,86)(H,77,85)(H,79,87)(H,80,82)(H3,71,73,90)/b12-8-/t45?,51-,52-,61-,69-/m0/s1. The Hall–Kier alpha value is -8.98. The van der Waals surface area contributed by atoms with E-state index in [1.165, 1.54) is 10.6 Å². The van der Waals surface area contributed by atoms with Crippen molar-refractivity contribution in [2.24, 2.45) is 11.7 Å². The molecular weight excluding hydrogens is 1310 g/mol. The number of primary amides is 1. The van der Waals surface area contributed by atoms with Crippen LogP contribution in [0.2, 0.25) is 0 Å². The SMILES string of the molecule is C/C=C\C(CCCC)OCC(=O)NCCOCCOCCOCCOCCC(=O)N[C@H](C(=O)N[C@@H](CCCNC(N)=O)C(=O)Nc1ccc(COC(=O)NCC(=O)NCOCC(=O)N[C@H]2CCc3c(C)c(F)cc4nc5c(c2c34)Cn2c-5cc3c(c2=O)COC(=O)[C@]3(O)CC)cc1)C(C)C. The lowest BCUT2D eigenvalue weighted by molar-refractivity contribution is -0.172. The van der Waals surface area contributed by atoms with Gasteiger partial charge in [0.2, 0.25) is 35.4 Å². The Morgan fingerprint density at radius 2 is 1.51 bits per heavy atom. The van der Waals surface area contributed by atoms with Gasteiger partial charge in [0, 0.05) is 47.8 Å². The first-order valence-electron chi connectivity index (χ1n) is 33.8. The Morgan fingerprint density at radius 1 is 0.800 bits per heavy atom. The predicted octanol–water partition coefficient (Wildman–Crippen LogP) is 3.38. The number of nitrogens with one attached hydrogen (secondary N) is 8. The third kappa shape index (κ3) is 22.3. The number of aryl methyl sites for hydroxylation is 1. The van der Waals surface area contributed by atoms with Gasteiger partial charge in [-0.3, -0.25) is 33.6 Å². The summed E-state index contributed by atoms with van der Waals surface area (Å²) in [5, 5.41) is 33.2. The molecule has 2 aliphatic heterocycles. The number of ether oxygens (including phenoxy) is 8. The van der Waals surface area contributed by atoms with Crippen LogP contribution in [0.15, 0.2) is 53.3 Å². The second-order valence-corrected chi connectivity index (χ2v) is 24.5. The number of carbonyl (C=O) groups excluding carboxylic acids is 9. The van der Waals surface area contributed by atoms with E-state index in [1.54, 1.807) is 58.0 Å². The van der Waals surface area contributed by atoms with Gasteiger partial charge in [-0.05, 0) is 98.7 Å². The fourth-order valence-electron chi connectivity index (χ4n) is 11.6. The summed E-state index contributed by atoms with van der Waals surface area (Å²) in [5.41, 5.74) is 7.20. The fraction of sp³-hybridized carbons (Fsp3) is 0.551. The molecule has 100 heavy (non-hydrogen) atoms. The maximum Gasteiger partial charge on any atom is 0.407 e. The Balaban J connectivity index is 0.771. The highest BCUT2D eigenvalue weighted by Gasteiger charge is 2.46. The third-order valence-corrected chi connectivity index (χ3v) is 17.0. The number of carbonyl (C=O) groups is 9. The van der Waals surface area contributed by atoms with E-state index in [-0.39, 0.29) is 107 Å². The van der Waals surface area contributed by atoms with Gasteiger partial charge in [-0.2, -0.15) is 0 Å². The van der Waals surface area contributed by atoms with Crippen molar-refractivity contribution in [2.45, 2.75) is 149 Å². The number of halogens is 1. The van der Waals surface area contributed by atoms with Gasteiger partial charge < -0.3 is 95.8 Å². The number of aromatic nitrogens is 2. The zero-order valence-corrected chi connectivity index (χ0v) is 57.5. The van der Waals surface area contributed by atoms with E-state index in [9.17, 15) is 53.1 Å². The number of pyridine rings is 2. The molecular formula is C69H94FN11O19. The number of hydrogen-bond donors (Lipinski definition) is 10. The number of amides is 9. The molecule has 0 saturated heterocycles. The van der Waals surface area contributed by atoms with Crippen LogP contribution in [0.4, 0.5) is 19.7 Å². The van der Waals surface area contributed by atoms with E-state index >= 15 is 4.39 Å². The number of allylic oxidation sites excluding steroid dienone is 1. The third-order valence-electron chi connectivity index (χ3n) is 17.0. The van der Waals surface area contributed by atoms with Crippen LogP contribution in [0.5, 0.6) is 0 Å². The van der Waals surface area contributed by atoms with Crippen molar-refractivity contribution in [2.75, 3.05) is 97.8 Å². The molecule has 2 aromatic carbocycles. The minimum Gasteiger partial charge on any atom is -0.458 e. The number of benzene rings is 2. The van der Waals surface area contributed by atoms with Crippen LogP contribution in [-0.4, -0.2) is 179 Å². The largest absolute Gasteiger partial charge is 0.458 e. The molecule has 1 aliphatic carbocycles. The van der Waals surface area contributed by atoms with Crippen molar-refractivity contribution in [3.05, 3.63) is 104 Å². The molecule has 0 radical (unpaired) electrons. The van der Waals surface area contributed by atoms with Gasteiger partial charge in [-0.15, -0.1) is 0 Å². The normalized spacial score (nSPS) is 15.9. The van der Waals surface area contributed by atoms with Crippen LogP contribution in [0, 0.1) is 18.7 Å². The van der Waals surface area contributed by atoms with Crippen LogP contribution < -0.4 is 53.8 Å². The van der Waals surface area contributed by atoms with Gasteiger partial charge in [0.05, 0.1) is 94.0 Å². The van der Waals surface area contributed by atoms with Gasteiger partial charge in [0.1, 0.15) is 57.6 Å². The van der Waals surface area contributed by atoms with E-state index < -0.39 is 103 Å². The van der Waals surface area contributed by atoms with Crippen molar-refractivity contribution in [3.63, 3.8) is 0 Å². The molecule has 5 atom stereocenters. The summed E-state index contributed by atoms with van der Waals surface area (Å²) in [7, 11) is 0. The molecule has 1 unspecified atom stereocenters. The summed E-state index contributed by atoms with van der Waals surface area (Å²) < 4.78 is 60.6. The Kier molecular flexibility index (Phi) is 30.7. The number of unbranched alkanes of at least 4 members (excludes halogenated alkanes) is 1. The number of alkyl carbamates (subject to hydrolysis) is 1. The summed E-state index contributed by atoms with van der Waals surface area (Å²) in [5.74, 6) is -4.81. The lowest BCUT2D eigenvalue weighted by atomic mass is 9.81. The molecule has 7 rings (SSSR count). The number of hydrogen-bond acceptors (Lipinski definition) is 20. The number of aliphatic hydroxyl groups is 1. The van der Waals surface area contributed by atoms with Gasteiger partial charge in [0.25, 0.3) is 5.56 Å². The van der Waals surface area contributed by atoms with Crippen molar-refractivity contribution in [1.29, 1.82) is 0 Å². The monoisotopic (exact) mass is 1400 g/mol. The van der Waals surface area contributed by atoms with Crippen molar-refractivity contribution in [3.8, 4) is 11.4 Å². The first-order chi connectivity index (χ1) is 48.1. The number of anilines is 1. The average molecular weight is 1400 g/mol. The molecule has 2 aromatic heterocycles. The topological polar surface area (TPSA) is 405 Å². The average Bonchev–Trinajstić information content (AvgIpc) is 1.48. The number of nitrogens with zero attached hydrogens (tertiary/aromatic N) is 2. The van der Waals surface area contributed by atoms with Gasteiger partial charge >= 0.3 is 18.1 Å². The quantitative estimate of drug-likeness (QED) is 0.0116. The Labute approximate surface area is 578 Å². The van der Waals surface area contributed by atoms with Gasteiger partial charge in [0.15, 0.2) is 5.60 Å². The number of fused-ring (bicyclic) bond motifs is 5. The molecule has 4 aromatic rings. The van der Waals surface area contributed by atoms with Crippen LogP contribution in [0.25, 0.3) is 22.3 Å². The summed E-state index contributed by atoms with van der Waals surface area (Å²) in [6.07, 6.45) is 6.80. The molecule has 0 fully saturated rings. The molecule has 30 nitrogen and oxygen atoms in total. The minimum atomic E-state index is -2.06. The zero-order chi connectivity index (χ0) is 72.3. The molecule has 31 heteroatoms. The smallest absolute Gasteiger partial charge is 0.407 e. The zero-order valence-electron chi connectivity index (χ0n) is 57.5. The second kappa shape index (κ2) is 39.1. The molecule has 546 valence electrons. The number of rotatable bonds is 42. The molecule has 4 heterocycles. The van der Waals surface area contributed by atoms with Crippen molar-refractivity contribution in [1.82, 2.24) is 46.8 Å². The number of urea groups is 1. The van der Waals surface area contributed by atoms with E-state index in [4.69, 9.17) is 48.6 Å². The summed E-state index contributed by atoms with van der Waals surface area (Å²) >= 11 is 0. The van der Waals surface area contributed by atoms with Crippen LogP contribution in [-0.2, 0) is 103 Å². The van der Waals surface area contributed by atoms with E-state index in [1.807, 2.05) is 19.1 Å². The van der Waals surface area contributed by atoms with Crippen molar-refractivity contribution < 1.29 is 90.5 Å². The molecule has 0 bridgehead atoms. The minimum absolute atomic E-state index is 0.0132. The number of nitrogens with two attached hydrogens (primary N) is 1. The highest BCUT2D eigenvalue weighted by atomic mass is 19.1. The highest BCUT2D eigenvalue weighted by Crippen LogP contribution is 2.46. The van der Waals surface area contributed by atoms with Crippen molar-refractivity contribution >= 4 is 70.1 Å². The van der Waals surface area contributed by atoms with E-state index in [2.05, 4.69) is 49.5 Å². The lowest BCUT2D eigenvalue weighted by Gasteiger charge is -2.31. The van der Waals surface area contributed by atoms with Gasteiger partial charge in [-0.1, -0.05) is 64.8 Å². The second-order valence-electron chi connectivity index (χ2n) is 24.5. The fourth-order valence-corrected chi connectivity index (χ4v) is 11.6. The first-order valence-corrected chi connectivity index (χ1v) is 33.8. The van der Waals surface area contributed by atoms with Crippen LogP contribution >= 0.6 is 0 Å². The van der Waals surface area contributed by atoms with E-state index in [0.717, 1.165) is 24.8 Å². The Morgan fingerprint density at radius 3 is 2.19 bits per heavy atom. The summed E-state index contributed by atoms with van der Waals surface area (Å²) in [4.78, 5) is 134. The molecule has 3 aliphatic rings. The first kappa shape index (κ1) is 78.4. The molecule has 0 saturated carbocycles. The van der Waals surface area contributed by atoms with Crippen LogP contribution in [0.3, 0.4) is 0 Å². The molecule has 0 spiro atoms. The number of esters is 1. The maximum atomic E-state index is 15.4. The van der Waals surface area contributed by atoms with E-state index in [0.29, 0.717) is 103 Å². The number of cyclic esters (lactones) is 1. The van der Waals surface area contributed by atoms with Gasteiger partial charge in [-0.25, -0.2) is 23.8 Å². The van der Waals surface area contributed by atoms with Crippen LogP contribution in [0.1, 0.15) is 131 Å². The predicted molar refractivity (Wildman–Crippen MR) is 361 cm³/mol. The highest BCUT2D eigenvalue weighted by molar-refractivity contribution is 5.99. The summed E-state index contributed by atoms with van der Waals surface area (Å²) in [6.45, 7) is 11.5. The summed E-state index contributed by atoms with van der Waals surface area (Å²) in [6, 6.07) is 5.58.